The highest BCUT2D eigenvalue weighted by Gasteiger charge is 2.59. The summed E-state index contributed by atoms with van der Waals surface area (Å²) in [5, 5.41) is 2.22. The standard InChI is InChI=1S/C38H46NO21P/c1-20(40)48-18-28-30(50-22(3)42)32(52-24(5)44)34(57-38(46)39-7)36(54-28)56-35-33(53-25(6)45)31(51-23(4)43)29(19-49-21(2)41)55-37(35)60-61(47,58-26-14-10-8-11-15-26)59-27-16-12-9-13-17-27/h8-17,28-37H,18-19H2,1-7H3,(H,39,46)/t28-,29-,30-,31+,32+,33-,34+,35-,36+,37+/m1/s1. The van der Waals surface area contributed by atoms with Gasteiger partial charge >= 0.3 is 49.7 Å². The van der Waals surface area contributed by atoms with Gasteiger partial charge in [-0.3, -0.25) is 28.8 Å². The van der Waals surface area contributed by atoms with E-state index in [0.29, 0.717) is 0 Å². The zero-order valence-corrected chi connectivity index (χ0v) is 34.9. The van der Waals surface area contributed by atoms with Crippen LogP contribution in [0.4, 0.5) is 4.79 Å². The third-order valence-corrected chi connectivity index (χ3v) is 9.52. The number of esters is 6. The Kier molecular flexibility index (Phi) is 17.4. The van der Waals surface area contributed by atoms with Crippen molar-refractivity contribution in [3.8, 4) is 11.5 Å². The third kappa shape index (κ3) is 14.4. The molecule has 2 aliphatic rings. The molecule has 2 aromatic carbocycles. The number of carbonyl (C=O) groups excluding carboxylic acids is 7. The molecule has 22 nitrogen and oxygen atoms in total. The van der Waals surface area contributed by atoms with Gasteiger partial charge in [0.15, 0.2) is 42.9 Å². The van der Waals surface area contributed by atoms with Gasteiger partial charge in [0.25, 0.3) is 0 Å². The van der Waals surface area contributed by atoms with Crippen molar-refractivity contribution in [2.75, 3.05) is 20.3 Å². The van der Waals surface area contributed by atoms with Gasteiger partial charge in [-0.2, -0.15) is 0 Å². The highest BCUT2D eigenvalue weighted by atomic mass is 31.2. The lowest BCUT2D eigenvalue weighted by molar-refractivity contribution is -0.359. The smallest absolute Gasteiger partial charge is 0.463 e. The molecule has 0 aromatic heterocycles. The minimum Gasteiger partial charge on any atom is -0.463 e. The maximum Gasteiger partial charge on any atom is 0.590 e. The van der Waals surface area contributed by atoms with E-state index in [4.69, 9.17) is 60.9 Å². The zero-order valence-electron chi connectivity index (χ0n) is 34.0. The van der Waals surface area contributed by atoms with Crippen LogP contribution in [0.25, 0.3) is 0 Å². The van der Waals surface area contributed by atoms with Crippen molar-refractivity contribution in [3.05, 3.63) is 60.7 Å². The summed E-state index contributed by atoms with van der Waals surface area (Å²) in [5.74, 6) is -5.51. The van der Waals surface area contributed by atoms with E-state index >= 15 is 0 Å². The predicted molar refractivity (Wildman–Crippen MR) is 200 cm³/mol. The highest BCUT2D eigenvalue weighted by Crippen LogP contribution is 2.52. The van der Waals surface area contributed by atoms with Gasteiger partial charge in [0.05, 0.1) is 0 Å². The van der Waals surface area contributed by atoms with Crippen molar-refractivity contribution in [2.24, 2.45) is 0 Å². The molecule has 4 rings (SSSR count). The van der Waals surface area contributed by atoms with Gasteiger partial charge in [-0.05, 0) is 24.3 Å². The molecule has 2 fully saturated rings. The molecular formula is C38H46NO21P. The fraction of sp³-hybridized carbons (Fsp3) is 0.500. The Bertz CT molecular complexity index is 1850. The van der Waals surface area contributed by atoms with E-state index < -0.39 is 124 Å². The van der Waals surface area contributed by atoms with E-state index in [1.54, 1.807) is 36.4 Å². The molecule has 23 heteroatoms. The Balaban J connectivity index is 1.94. The molecule has 1 amide bonds. The molecule has 0 unspecified atom stereocenters. The molecule has 0 bridgehead atoms. The molecule has 0 aliphatic carbocycles. The Hall–Kier alpha value is -5.80. The van der Waals surface area contributed by atoms with E-state index in [9.17, 15) is 38.1 Å². The monoisotopic (exact) mass is 883 g/mol. The van der Waals surface area contributed by atoms with Crippen LogP contribution >= 0.6 is 7.82 Å². The van der Waals surface area contributed by atoms with Gasteiger partial charge in [0.2, 0.25) is 6.29 Å². The Labute approximate surface area is 349 Å². The first kappa shape index (κ1) is 47.9. The summed E-state index contributed by atoms with van der Waals surface area (Å²) in [4.78, 5) is 87.2. The van der Waals surface area contributed by atoms with Crippen molar-refractivity contribution in [2.45, 2.75) is 103 Å². The number of amides is 1. The summed E-state index contributed by atoms with van der Waals surface area (Å²) in [6, 6.07) is 15.2. The summed E-state index contributed by atoms with van der Waals surface area (Å²) in [6.45, 7) is 4.81. The molecule has 0 radical (unpaired) electrons. The van der Waals surface area contributed by atoms with Gasteiger partial charge < -0.3 is 61.7 Å². The van der Waals surface area contributed by atoms with Crippen LogP contribution in [-0.2, 0) is 85.2 Å². The van der Waals surface area contributed by atoms with Crippen LogP contribution in [0.15, 0.2) is 60.7 Å². The minimum absolute atomic E-state index is 0.0236. The quantitative estimate of drug-likeness (QED) is 0.136. The molecule has 2 aliphatic heterocycles. The largest absolute Gasteiger partial charge is 0.590 e. The van der Waals surface area contributed by atoms with Crippen LogP contribution in [0.2, 0.25) is 0 Å². The molecule has 61 heavy (non-hydrogen) atoms. The number of phosphoric acid groups is 1. The lowest BCUT2D eigenvalue weighted by atomic mass is 9.96. The number of phosphoric ester groups is 1. The average molecular weight is 884 g/mol. The Morgan fingerprint density at radius 2 is 0.918 bits per heavy atom. The second-order valence-corrected chi connectivity index (χ2v) is 14.5. The number of nitrogens with one attached hydrogen (secondary N) is 1. The van der Waals surface area contributed by atoms with Crippen molar-refractivity contribution in [1.82, 2.24) is 5.32 Å². The number of carbonyl (C=O) groups is 7. The number of alkyl carbamates (subject to hydrolysis) is 1. The highest BCUT2D eigenvalue weighted by molar-refractivity contribution is 7.49. The third-order valence-electron chi connectivity index (χ3n) is 8.18. The summed E-state index contributed by atoms with van der Waals surface area (Å²) in [6.07, 6.45) is -19.3. The molecule has 10 atom stereocenters. The molecule has 0 saturated carbocycles. The van der Waals surface area contributed by atoms with Gasteiger partial charge in [-0.15, -0.1) is 0 Å². The SMILES string of the molecule is CNC(=O)O[C@@H]1[C@H](O[C@H]2[C@H](OP(=O)(Oc3ccccc3)Oc3ccccc3)O[C@H](COC(C)=O)[C@H](OC(C)=O)[C@H]2OC(C)=O)O[C@H](COC(C)=O)[C@@H](OC(C)=O)[C@@H]1OC(C)=O. The normalized spacial score (nSPS) is 26.0. The number of benzene rings is 2. The first-order valence-electron chi connectivity index (χ1n) is 18.5. The molecule has 0 spiro atoms. The molecule has 2 aromatic rings. The van der Waals surface area contributed by atoms with Gasteiger partial charge in [-0.25, -0.2) is 13.9 Å². The van der Waals surface area contributed by atoms with Crippen LogP contribution in [0.5, 0.6) is 11.5 Å². The number of rotatable bonds is 17. The van der Waals surface area contributed by atoms with Crippen LogP contribution in [-0.4, -0.2) is 124 Å². The van der Waals surface area contributed by atoms with Crippen molar-refractivity contribution in [3.63, 3.8) is 0 Å². The number of para-hydroxylation sites is 2. The van der Waals surface area contributed by atoms with Crippen LogP contribution in [0, 0.1) is 0 Å². The second kappa shape index (κ2) is 22.2. The van der Waals surface area contributed by atoms with E-state index in [1.807, 2.05) is 0 Å². The zero-order chi connectivity index (χ0) is 44.9. The lowest BCUT2D eigenvalue weighted by Crippen LogP contribution is -2.67. The van der Waals surface area contributed by atoms with Crippen molar-refractivity contribution >= 4 is 49.7 Å². The molecular weight excluding hydrogens is 837 g/mol. The lowest BCUT2D eigenvalue weighted by Gasteiger charge is -2.48. The molecule has 2 saturated heterocycles. The first-order chi connectivity index (χ1) is 28.9. The number of ether oxygens (including phenoxy) is 10. The van der Waals surface area contributed by atoms with E-state index in [-0.39, 0.29) is 11.5 Å². The summed E-state index contributed by atoms with van der Waals surface area (Å²) < 4.78 is 89.3. The van der Waals surface area contributed by atoms with Gasteiger partial charge in [-0.1, -0.05) is 36.4 Å². The van der Waals surface area contributed by atoms with Gasteiger partial charge in [0, 0.05) is 48.6 Å². The summed E-state index contributed by atoms with van der Waals surface area (Å²) in [7, 11) is -3.82. The van der Waals surface area contributed by atoms with E-state index in [2.05, 4.69) is 5.32 Å². The maximum absolute atomic E-state index is 14.8. The van der Waals surface area contributed by atoms with E-state index in [0.717, 1.165) is 41.5 Å². The second-order valence-electron chi connectivity index (χ2n) is 13.1. The Morgan fingerprint density at radius 3 is 1.31 bits per heavy atom. The molecule has 2 heterocycles. The fourth-order valence-electron chi connectivity index (χ4n) is 5.95. The van der Waals surface area contributed by atoms with Crippen LogP contribution in [0.1, 0.15) is 41.5 Å². The summed E-state index contributed by atoms with van der Waals surface area (Å²) >= 11 is 0. The average Bonchev–Trinajstić information content (AvgIpc) is 3.17. The minimum atomic E-state index is -5.01. The van der Waals surface area contributed by atoms with Crippen LogP contribution < -0.4 is 14.4 Å². The predicted octanol–water partition coefficient (Wildman–Crippen LogP) is 2.68. The first-order valence-corrected chi connectivity index (χ1v) is 19.9. The van der Waals surface area contributed by atoms with Crippen LogP contribution in [0.3, 0.4) is 0 Å². The molecule has 1 N–H and O–H groups in total. The van der Waals surface area contributed by atoms with Crippen molar-refractivity contribution in [1.29, 1.82) is 0 Å². The van der Waals surface area contributed by atoms with E-state index in [1.165, 1.54) is 31.3 Å². The Morgan fingerprint density at radius 1 is 0.525 bits per heavy atom. The number of hydrogen-bond donors (Lipinski definition) is 1. The molecule has 334 valence electrons. The van der Waals surface area contributed by atoms with Crippen molar-refractivity contribution < 1.29 is 99.1 Å². The van der Waals surface area contributed by atoms with Gasteiger partial charge in [0.1, 0.15) is 36.9 Å². The fourth-order valence-corrected chi connectivity index (χ4v) is 7.26. The number of hydrogen-bond acceptors (Lipinski definition) is 21. The maximum atomic E-state index is 14.8. The summed E-state index contributed by atoms with van der Waals surface area (Å²) in [5.41, 5.74) is 0. The topological polar surface area (TPSA) is 269 Å².